The summed E-state index contributed by atoms with van der Waals surface area (Å²) in [5, 5.41) is -0.416. The van der Waals surface area contributed by atoms with Crippen LogP contribution >= 0.6 is 23.4 Å². The Kier molecular flexibility index (Phi) is 3.87. The molecule has 0 radical (unpaired) electrons. The molecule has 2 aromatic carbocycles. The summed E-state index contributed by atoms with van der Waals surface area (Å²) < 4.78 is 0. The van der Waals surface area contributed by atoms with Gasteiger partial charge in [-0.15, -0.1) is 0 Å². The molecule has 0 aliphatic heterocycles. The van der Waals surface area contributed by atoms with Crippen molar-refractivity contribution in [3.8, 4) is 0 Å². The molecule has 2 rings (SSSR count). The van der Waals surface area contributed by atoms with Crippen molar-refractivity contribution in [2.24, 2.45) is 0 Å². The molecule has 17 heavy (non-hydrogen) atoms. The van der Waals surface area contributed by atoms with Crippen LogP contribution < -0.4 is 0 Å². The van der Waals surface area contributed by atoms with Gasteiger partial charge in [-0.05, 0) is 42.8 Å². The Morgan fingerprint density at radius 2 is 1.88 bits per heavy atom. The quantitative estimate of drug-likeness (QED) is 0.756. The van der Waals surface area contributed by atoms with E-state index in [-0.39, 0.29) is 0 Å². The predicted molar refractivity (Wildman–Crippen MR) is 71.9 cm³/mol. The highest BCUT2D eigenvalue weighted by Gasteiger charge is 2.09. The average Bonchev–Trinajstić information content (AvgIpc) is 2.29. The van der Waals surface area contributed by atoms with Gasteiger partial charge in [0, 0.05) is 15.4 Å². The van der Waals surface area contributed by atoms with Crippen LogP contribution in [-0.2, 0) is 0 Å². The number of rotatable bonds is 3. The van der Waals surface area contributed by atoms with Gasteiger partial charge in [0.1, 0.15) is 0 Å². The topological polar surface area (TPSA) is 17.1 Å². The van der Waals surface area contributed by atoms with Crippen molar-refractivity contribution in [3.05, 3.63) is 59.7 Å². The molecule has 86 valence electrons. The van der Waals surface area contributed by atoms with Gasteiger partial charge >= 0.3 is 0 Å². The monoisotopic (exact) mass is 262 g/mol. The van der Waals surface area contributed by atoms with Crippen LogP contribution in [0, 0.1) is 6.92 Å². The maximum atomic E-state index is 11.3. The highest BCUT2D eigenvalue weighted by atomic mass is 35.5. The molecule has 0 aromatic heterocycles. The van der Waals surface area contributed by atoms with Crippen LogP contribution in [0.2, 0.25) is 0 Å². The van der Waals surface area contributed by atoms with Crippen LogP contribution in [0.15, 0.2) is 58.3 Å². The standard InChI is InChI=1S/C14H11ClOS/c1-10-5-4-6-11(9-10)17-13-8-3-2-7-12(13)14(15)16/h2-9H,1H3. The first-order chi connectivity index (χ1) is 8.16. The number of carbonyl (C=O) groups excluding carboxylic acids is 1. The molecule has 0 bridgehead atoms. The second-order valence-corrected chi connectivity index (χ2v) is 5.15. The number of carbonyl (C=O) groups is 1. The number of hydrogen-bond acceptors (Lipinski definition) is 2. The van der Waals surface area contributed by atoms with Gasteiger partial charge in [-0.1, -0.05) is 41.6 Å². The zero-order chi connectivity index (χ0) is 12.3. The highest BCUT2D eigenvalue weighted by molar-refractivity contribution is 7.99. The summed E-state index contributed by atoms with van der Waals surface area (Å²) in [6.07, 6.45) is 0. The summed E-state index contributed by atoms with van der Waals surface area (Å²) >= 11 is 7.11. The van der Waals surface area contributed by atoms with E-state index in [1.54, 1.807) is 17.8 Å². The van der Waals surface area contributed by atoms with Crippen molar-refractivity contribution < 1.29 is 4.79 Å². The maximum absolute atomic E-state index is 11.3. The third-order valence-corrected chi connectivity index (χ3v) is 3.59. The lowest BCUT2D eigenvalue weighted by Gasteiger charge is -2.06. The fraction of sp³-hybridized carbons (Fsp3) is 0.0714. The second-order valence-electron chi connectivity index (χ2n) is 3.69. The van der Waals surface area contributed by atoms with E-state index in [2.05, 4.69) is 6.07 Å². The van der Waals surface area contributed by atoms with E-state index in [9.17, 15) is 4.79 Å². The molecular weight excluding hydrogens is 252 g/mol. The van der Waals surface area contributed by atoms with Crippen molar-refractivity contribution >= 4 is 28.6 Å². The van der Waals surface area contributed by atoms with Gasteiger partial charge in [-0.2, -0.15) is 0 Å². The summed E-state index contributed by atoms with van der Waals surface area (Å²) in [6, 6.07) is 15.5. The van der Waals surface area contributed by atoms with Gasteiger partial charge in [0.05, 0.1) is 0 Å². The molecule has 0 saturated carbocycles. The van der Waals surface area contributed by atoms with Gasteiger partial charge in [0.15, 0.2) is 0 Å². The third-order valence-electron chi connectivity index (χ3n) is 2.32. The Bertz CT molecular complexity index is 551. The Balaban J connectivity index is 2.33. The van der Waals surface area contributed by atoms with E-state index in [0.717, 1.165) is 9.79 Å². The molecule has 0 saturated heterocycles. The molecule has 0 N–H and O–H groups in total. The van der Waals surface area contributed by atoms with Crippen LogP contribution in [0.3, 0.4) is 0 Å². The van der Waals surface area contributed by atoms with Gasteiger partial charge in [0.2, 0.25) is 0 Å². The largest absolute Gasteiger partial charge is 0.276 e. The maximum Gasteiger partial charge on any atom is 0.253 e. The fourth-order valence-electron chi connectivity index (χ4n) is 1.52. The Morgan fingerprint density at radius 1 is 1.12 bits per heavy atom. The van der Waals surface area contributed by atoms with E-state index >= 15 is 0 Å². The molecular formula is C14H11ClOS. The normalized spacial score (nSPS) is 10.2. The van der Waals surface area contributed by atoms with Crippen LogP contribution in [-0.4, -0.2) is 5.24 Å². The van der Waals surface area contributed by atoms with E-state index in [1.807, 2.05) is 43.3 Å². The Hall–Kier alpha value is -1.25. The molecule has 0 fully saturated rings. The molecule has 3 heteroatoms. The number of benzene rings is 2. The summed E-state index contributed by atoms with van der Waals surface area (Å²) in [7, 11) is 0. The summed E-state index contributed by atoms with van der Waals surface area (Å²) in [5.74, 6) is 0. The van der Waals surface area contributed by atoms with Gasteiger partial charge in [0.25, 0.3) is 5.24 Å². The van der Waals surface area contributed by atoms with Crippen molar-refractivity contribution in [1.82, 2.24) is 0 Å². The molecule has 0 spiro atoms. The van der Waals surface area contributed by atoms with Crippen molar-refractivity contribution in [2.75, 3.05) is 0 Å². The first-order valence-corrected chi connectivity index (χ1v) is 6.39. The smallest absolute Gasteiger partial charge is 0.253 e. The molecule has 1 nitrogen and oxygen atoms in total. The summed E-state index contributed by atoms with van der Waals surface area (Å²) in [5.41, 5.74) is 1.75. The molecule has 0 amide bonds. The van der Waals surface area contributed by atoms with E-state index < -0.39 is 5.24 Å². The average molecular weight is 263 g/mol. The summed E-state index contributed by atoms with van der Waals surface area (Å²) in [6.45, 7) is 2.04. The number of halogens is 1. The first kappa shape index (κ1) is 12.2. The zero-order valence-electron chi connectivity index (χ0n) is 9.31. The van der Waals surface area contributed by atoms with Crippen molar-refractivity contribution in [1.29, 1.82) is 0 Å². The third kappa shape index (κ3) is 3.11. The highest BCUT2D eigenvalue weighted by Crippen LogP contribution is 2.31. The lowest BCUT2D eigenvalue weighted by atomic mass is 10.2. The fourth-order valence-corrected chi connectivity index (χ4v) is 2.81. The Morgan fingerprint density at radius 3 is 2.59 bits per heavy atom. The molecule has 0 aliphatic carbocycles. The van der Waals surface area contributed by atoms with Gasteiger partial charge in [-0.3, -0.25) is 4.79 Å². The zero-order valence-corrected chi connectivity index (χ0v) is 10.9. The SMILES string of the molecule is Cc1cccc(Sc2ccccc2C(=O)Cl)c1. The first-order valence-electron chi connectivity index (χ1n) is 5.20. The molecule has 2 aromatic rings. The van der Waals surface area contributed by atoms with Gasteiger partial charge in [-0.25, -0.2) is 0 Å². The van der Waals surface area contributed by atoms with E-state index in [4.69, 9.17) is 11.6 Å². The molecule has 0 heterocycles. The van der Waals surface area contributed by atoms with E-state index in [0.29, 0.717) is 5.56 Å². The number of aryl methyl sites for hydroxylation is 1. The van der Waals surface area contributed by atoms with Crippen molar-refractivity contribution in [2.45, 2.75) is 16.7 Å². The van der Waals surface area contributed by atoms with Crippen LogP contribution in [0.1, 0.15) is 15.9 Å². The second kappa shape index (κ2) is 5.39. The minimum Gasteiger partial charge on any atom is -0.276 e. The molecule has 0 atom stereocenters. The molecule has 0 unspecified atom stereocenters. The Labute approximate surface area is 110 Å². The van der Waals surface area contributed by atoms with E-state index in [1.165, 1.54) is 5.56 Å². The molecule has 0 aliphatic rings. The minimum atomic E-state index is -0.416. The van der Waals surface area contributed by atoms with Crippen LogP contribution in [0.4, 0.5) is 0 Å². The number of hydrogen-bond donors (Lipinski definition) is 0. The minimum absolute atomic E-state index is 0.416. The van der Waals surface area contributed by atoms with Crippen molar-refractivity contribution in [3.63, 3.8) is 0 Å². The predicted octanol–water partition coefficient (Wildman–Crippen LogP) is 4.53. The lowest BCUT2D eigenvalue weighted by molar-refractivity contribution is 0.107. The van der Waals surface area contributed by atoms with Gasteiger partial charge < -0.3 is 0 Å². The lowest BCUT2D eigenvalue weighted by Crippen LogP contribution is -1.91. The van der Waals surface area contributed by atoms with Crippen LogP contribution in [0.25, 0.3) is 0 Å². The summed E-state index contributed by atoms with van der Waals surface area (Å²) in [4.78, 5) is 13.3. The van der Waals surface area contributed by atoms with Crippen LogP contribution in [0.5, 0.6) is 0 Å².